The summed E-state index contributed by atoms with van der Waals surface area (Å²) in [5, 5.41) is 34.6. The number of aliphatic hydroxyl groups excluding tert-OH is 4. The van der Waals surface area contributed by atoms with E-state index in [-0.39, 0.29) is 6.54 Å². The Labute approximate surface area is 58.7 Å². The van der Waals surface area contributed by atoms with Crippen LogP contribution in [0, 0.1) is 0 Å². The predicted molar refractivity (Wildman–Crippen MR) is 34.2 cm³/mol. The van der Waals surface area contributed by atoms with Gasteiger partial charge in [-0.3, -0.25) is 0 Å². The summed E-state index contributed by atoms with van der Waals surface area (Å²) in [6, 6.07) is 0. The van der Waals surface area contributed by atoms with Gasteiger partial charge in [0.05, 0.1) is 12.7 Å². The third-order valence-corrected chi connectivity index (χ3v) is 1.22. The van der Waals surface area contributed by atoms with Gasteiger partial charge in [0, 0.05) is 6.54 Å². The molecule has 0 saturated heterocycles. The summed E-state index contributed by atoms with van der Waals surface area (Å²) in [6.07, 6.45) is -3.87. The summed E-state index contributed by atoms with van der Waals surface area (Å²) >= 11 is 0. The van der Waals surface area contributed by atoms with Crippen molar-refractivity contribution < 1.29 is 20.4 Å². The average Bonchev–Trinajstić information content (AvgIpc) is 2.00. The van der Waals surface area contributed by atoms with Crippen LogP contribution in [0.5, 0.6) is 0 Å². The van der Waals surface area contributed by atoms with Crippen LogP contribution >= 0.6 is 0 Å². The van der Waals surface area contributed by atoms with Crippen molar-refractivity contribution >= 4 is 0 Å². The highest BCUT2D eigenvalue weighted by molar-refractivity contribution is 4.74. The average molecular weight is 151 g/mol. The molecule has 0 aliphatic heterocycles. The lowest BCUT2D eigenvalue weighted by Gasteiger charge is -2.19. The minimum Gasteiger partial charge on any atom is -0.394 e. The largest absolute Gasteiger partial charge is 0.394 e. The van der Waals surface area contributed by atoms with Crippen molar-refractivity contribution in [1.82, 2.24) is 0 Å². The maximum Gasteiger partial charge on any atom is 0.109 e. The Morgan fingerprint density at radius 2 is 1.60 bits per heavy atom. The summed E-state index contributed by atoms with van der Waals surface area (Å²) in [5.41, 5.74) is 4.96. The molecule has 5 heteroatoms. The zero-order valence-corrected chi connectivity index (χ0v) is 5.51. The smallest absolute Gasteiger partial charge is 0.109 e. The van der Waals surface area contributed by atoms with Gasteiger partial charge in [0.2, 0.25) is 0 Å². The minimum absolute atomic E-state index is 0.141. The van der Waals surface area contributed by atoms with Gasteiger partial charge in [0.15, 0.2) is 0 Å². The van der Waals surface area contributed by atoms with Crippen LogP contribution < -0.4 is 5.73 Å². The first kappa shape index (κ1) is 9.80. The highest BCUT2D eigenvalue weighted by Gasteiger charge is 2.22. The topological polar surface area (TPSA) is 107 Å². The first-order valence-corrected chi connectivity index (χ1v) is 2.98. The second kappa shape index (κ2) is 4.59. The lowest BCUT2D eigenvalue weighted by atomic mass is 10.1. The first-order chi connectivity index (χ1) is 4.63. The summed E-state index contributed by atoms with van der Waals surface area (Å²) in [6.45, 7) is -0.726. The second-order valence-corrected chi connectivity index (χ2v) is 2.04. The fraction of sp³-hybridized carbons (Fsp3) is 1.00. The van der Waals surface area contributed by atoms with Crippen LogP contribution in [0.25, 0.3) is 0 Å². The molecular formula is C5H13NO4. The third kappa shape index (κ3) is 2.59. The lowest BCUT2D eigenvalue weighted by molar-refractivity contribution is -0.0727. The van der Waals surface area contributed by atoms with Crippen LogP contribution in [0.3, 0.4) is 0 Å². The fourth-order valence-corrected chi connectivity index (χ4v) is 0.504. The van der Waals surface area contributed by atoms with E-state index >= 15 is 0 Å². The number of aliphatic hydroxyl groups is 4. The second-order valence-electron chi connectivity index (χ2n) is 2.04. The van der Waals surface area contributed by atoms with Gasteiger partial charge in [-0.1, -0.05) is 0 Å². The van der Waals surface area contributed by atoms with Crippen LogP contribution in [0.2, 0.25) is 0 Å². The van der Waals surface area contributed by atoms with E-state index in [1.54, 1.807) is 0 Å². The Morgan fingerprint density at radius 3 is 1.90 bits per heavy atom. The molecule has 0 rings (SSSR count). The van der Waals surface area contributed by atoms with Gasteiger partial charge in [-0.05, 0) is 0 Å². The Morgan fingerprint density at radius 1 is 1.10 bits per heavy atom. The maximum atomic E-state index is 8.85. The normalized spacial score (nSPS) is 20.1. The predicted octanol–water partition coefficient (Wildman–Crippen LogP) is -2.98. The number of rotatable bonds is 4. The molecule has 0 unspecified atom stereocenters. The minimum atomic E-state index is -1.37. The third-order valence-electron chi connectivity index (χ3n) is 1.22. The molecule has 0 aliphatic rings. The molecule has 0 heterocycles. The van der Waals surface area contributed by atoms with E-state index in [9.17, 15) is 0 Å². The molecule has 0 radical (unpaired) electrons. The van der Waals surface area contributed by atoms with E-state index in [4.69, 9.17) is 26.2 Å². The molecule has 0 aromatic heterocycles. The van der Waals surface area contributed by atoms with Gasteiger partial charge in [-0.15, -0.1) is 0 Å². The zero-order valence-electron chi connectivity index (χ0n) is 5.51. The maximum absolute atomic E-state index is 8.85. The number of hydrogen-bond donors (Lipinski definition) is 5. The molecule has 10 heavy (non-hydrogen) atoms. The Bertz CT molecular complexity index is 79.7. The van der Waals surface area contributed by atoms with Crippen molar-refractivity contribution in [3.8, 4) is 0 Å². The zero-order chi connectivity index (χ0) is 8.15. The SMILES string of the molecule is NC[C@H](O)[C@@H](O)[C@@H](O)CO. The summed E-state index contributed by atoms with van der Waals surface area (Å²) in [7, 11) is 0. The van der Waals surface area contributed by atoms with Crippen molar-refractivity contribution in [1.29, 1.82) is 0 Å². The van der Waals surface area contributed by atoms with Crippen molar-refractivity contribution in [3.05, 3.63) is 0 Å². The highest BCUT2D eigenvalue weighted by Crippen LogP contribution is 1.97. The van der Waals surface area contributed by atoms with Crippen molar-refractivity contribution in [3.63, 3.8) is 0 Å². The molecule has 0 spiro atoms. The molecule has 0 fully saturated rings. The molecule has 62 valence electrons. The standard InChI is InChI=1S/C5H13NO4/c6-1-3(8)5(10)4(9)2-7/h3-5,7-10H,1-2,6H2/t3-,4-,5+/m0/s1. The van der Waals surface area contributed by atoms with Crippen LogP contribution in [0.15, 0.2) is 0 Å². The van der Waals surface area contributed by atoms with Crippen LogP contribution in [-0.4, -0.2) is 51.9 Å². The van der Waals surface area contributed by atoms with Gasteiger partial charge in [-0.2, -0.15) is 0 Å². The number of hydrogen-bond acceptors (Lipinski definition) is 5. The fourth-order valence-electron chi connectivity index (χ4n) is 0.504. The molecule has 0 saturated carbocycles. The Kier molecular flexibility index (Phi) is 4.50. The summed E-state index contributed by atoms with van der Waals surface area (Å²) in [5.74, 6) is 0. The van der Waals surface area contributed by atoms with Gasteiger partial charge in [0.1, 0.15) is 12.2 Å². The molecule has 3 atom stereocenters. The molecular weight excluding hydrogens is 138 g/mol. The Balaban J connectivity index is 3.69. The lowest BCUT2D eigenvalue weighted by Crippen LogP contribution is -2.43. The van der Waals surface area contributed by atoms with Gasteiger partial charge >= 0.3 is 0 Å². The van der Waals surface area contributed by atoms with Crippen molar-refractivity contribution in [2.24, 2.45) is 5.73 Å². The summed E-state index contributed by atoms with van der Waals surface area (Å²) < 4.78 is 0. The van der Waals surface area contributed by atoms with E-state index in [0.717, 1.165) is 0 Å². The van der Waals surface area contributed by atoms with E-state index in [1.807, 2.05) is 0 Å². The van der Waals surface area contributed by atoms with Crippen LogP contribution in [0.1, 0.15) is 0 Å². The van der Waals surface area contributed by atoms with Crippen molar-refractivity contribution in [2.75, 3.05) is 13.2 Å². The quantitative estimate of drug-likeness (QED) is 0.295. The molecule has 0 aliphatic carbocycles. The summed E-state index contributed by atoms with van der Waals surface area (Å²) in [4.78, 5) is 0. The number of nitrogens with two attached hydrogens (primary N) is 1. The molecule has 0 amide bonds. The Hall–Kier alpha value is -0.200. The van der Waals surface area contributed by atoms with E-state index in [0.29, 0.717) is 0 Å². The highest BCUT2D eigenvalue weighted by atomic mass is 16.4. The monoisotopic (exact) mass is 151 g/mol. The van der Waals surface area contributed by atoms with Crippen LogP contribution in [-0.2, 0) is 0 Å². The van der Waals surface area contributed by atoms with Gasteiger partial charge in [-0.25, -0.2) is 0 Å². The van der Waals surface area contributed by atoms with Gasteiger partial charge in [0.25, 0.3) is 0 Å². The molecule has 0 aromatic rings. The first-order valence-electron chi connectivity index (χ1n) is 2.98. The van der Waals surface area contributed by atoms with Crippen molar-refractivity contribution in [2.45, 2.75) is 18.3 Å². The van der Waals surface area contributed by atoms with E-state index in [1.165, 1.54) is 0 Å². The molecule has 5 nitrogen and oxygen atoms in total. The van der Waals surface area contributed by atoms with E-state index < -0.39 is 24.9 Å². The molecule has 6 N–H and O–H groups in total. The van der Waals surface area contributed by atoms with E-state index in [2.05, 4.69) is 0 Å². The molecule has 0 bridgehead atoms. The van der Waals surface area contributed by atoms with Crippen LogP contribution in [0.4, 0.5) is 0 Å². The molecule has 0 aromatic carbocycles. The van der Waals surface area contributed by atoms with Gasteiger partial charge < -0.3 is 26.2 Å².